The number of carboxylic acid groups (broad SMARTS) is 1. The normalized spacial score (nSPS) is 10.7. The molecule has 0 saturated carbocycles. The number of ether oxygens (including phenoxy) is 1. The number of aryl methyl sites for hydroxylation is 1. The molecule has 0 saturated heterocycles. The van der Waals surface area contributed by atoms with Gasteiger partial charge in [0.1, 0.15) is 5.75 Å². The molecule has 0 fully saturated rings. The third kappa shape index (κ3) is 3.94. The zero-order valence-electron chi connectivity index (χ0n) is 16.9. The van der Waals surface area contributed by atoms with Gasteiger partial charge in [-0.05, 0) is 42.3 Å². The van der Waals surface area contributed by atoms with Gasteiger partial charge in [0.15, 0.2) is 6.61 Å². The first-order valence-electron chi connectivity index (χ1n) is 9.20. The van der Waals surface area contributed by atoms with Crippen molar-refractivity contribution in [2.24, 2.45) is 5.73 Å². The number of hydrogen-bond acceptors (Lipinski definition) is 3. The Morgan fingerprint density at radius 3 is 2.30 bits per heavy atom. The Bertz CT molecular complexity index is 1260. The first kappa shape index (κ1) is 21.9. The fourth-order valence-corrected chi connectivity index (χ4v) is 3.75. The molecule has 0 unspecified atom stereocenters. The van der Waals surface area contributed by atoms with Crippen LogP contribution in [0.1, 0.15) is 21.5 Å². The van der Waals surface area contributed by atoms with Gasteiger partial charge in [-0.15, -0.1) is 0 Å². The zero-order valence-corrected chi connectivity index (χ0v) is 18.9. The molecule has 0 aliphatic heterocycles. The van der Waals surface area contributed by atoms with Crippen molar-refractivity contribution < 1.29 is 19.4 Å². The van der Waals surface area contributed by atoms with Gasteiger partial charge in [-0.3, -0.25) is 4.79 Å². The van der Waals surface area contributed by atoms with Crippen LogP contribution in [0.25, 0.3) is 21.8 Å². The van der Waals surface area contributed by atoms with E-state index in [4.69, 9.17) is 15.6 Å². The molecule has 30 heavy (non-hydrogen) atoms. The van der Waals surface area contributed by atoms with Crippen molar-refractivity contribution in [3.8, 4) is 5.75 Å². The second kappa shape index (κ2) is 8.92. The van der Waals surface area contributed by atoms with Gasteiger partial charge in [0, 0.05) is 47.1 Å². The molecule has 0 bridgehead atoms. The van der Waals surface area contributed by atoms with Crippen molar-refractivity contribution in [3.05, 3.63) is 77.4 Å². The summed E-state index contributed by atoms with van der Waals surface area (Å²) in [6, 6.07) is 19.0. The van der Waals surface area contributed by atoms with Gasteiger partial charge in [-0.25, -0.2) is 4.79 Å². The summed E-state index contributed by atoms with van der Waals surface area (Å²) < 4.78 is 7.65. The Morgan fingerprint density at radius 1 is 0.967 bits per heavy atom. The summed E-state index contributed by atoms with van der Waals surface area (Å²) in [6.45, 7) is 2.18. The first-order valence-corrected chi connectivity index (χ1v) is 9.20. The smallest absolute Gasteiger partial charge is 0.341 e. The third-order valence-corrected chi connectivity index (χ3v) is 5.08. The number of primary amides is 1. The number of carbonyl (C=O) groups excluding carboxylic acids is 1. The maximum absolute atomic E-state index is 12.1. The van der Waals surface area contributed by atoms with E-state index in [9.17, 15) is 9.59 Å². The summed E-state index contributed by atoms with van der Waals surface area (Å²) in [7, 11) is 0. The quantitative estimate of drug-likeness (QED) is 0.476. The number of carboxylic acids is 1. The summed E-state index contributed by atoms with van der Waals surface area (Å²) >= 11 is 0. The Balaban J connectivity index is 0.00000256. The number of nitrogens with zero attached hydrogens (tertiary/aromatic N) is 1. The molecule has 3 aromatic carbocycles. The van der Waals surface area contributed by atoms with Crippen LogP contribution in [-0.2, 0) is 11.3 Å². The third-order valence-electron chi connectivity index (χ3n) is 5.08. The summed E-state index contributed by atoms with van der Waals surface area (Å²) in [5.41, 5.74) is 10.0. The van der Waals surface area contributed by atoms with Crippen LogP contribution >= 0.6 is 0 Å². The standard InChI is InChI=1S/C23H20N2O4.Na/c1-14-6-2-3-7-15(14)12-25-17-9-4-8-16(23(24)28)21(17)22-18(25)10-5-11-19(22)29-13-20(26)27;/h2-11H,12-13H2,1H3,(H2,24,28)(H,26,27);. The molecule has 4 rings (SSSR count). The van der Waals surface area contributed by atoms with Crippen molar-refractivity contribution in [3.63, 3.8) is 0 Å². The van der Waals surface area contributed by atoms with Crippen LogP contribution in [0.2, 0.25) is 0 Å². The van der Waals surface area contributed by atoms with Crippen molar-refractivity contribution in [2.75, 3.05) is 6.61 Å². The number of hydrogen-bond donors (Lipinski definition) is 2. The fourth-order valence-electron chi connectivity index (χ4n) is 3.75. The summed E-state index contributed by atoms with van der Waals surface area (Å²) in [6.07, 6.45) is 0. The van der Waals surface area contributed by atoms with Crippen LogP contribution in [0.4, 0.5) is 0 Å². The van der Waals surface area contributed by atoms with Crippen molar-refractivity contribution >= 4 is 63.2 Å². The van der Waals surface area contributed by atoms with E-state index in [2.05, 4.69) is 23.6 Å². The molecule has 0 spiro atoms. The van der Waals surface area contributed by atoms with Gasteiger partial charge in [-0.1, -0.05) is 36.4 Å². The maximum atomic E-state index is 12.1. The van der Waals surface area contributed by atoms with Gasteiger partial charge in [0.05, 0.1) is 16.4 Å². The monoisotopic (exact) mass is 411 g/mol. The van der Waals surface area contributed by atoms with Crippen molar-refractivity contribution in [1.29, 1.82) is 0 Å². The van der Waals surface area contributed by atoms with E-state index in [0.717, 1.165) is 22.2 Å². The number of carbonyl (C=O) groups is 2. The minimum absolute atomic E-state index is 0. The van der Waals surface area contributed by atoms with Crippen LogP contribution in [0.5, 0.6) is 5.75 Å². The average molecular weight is 411 g/mol. The number of aromatic nitrogens is 1. The molecule has 147 valence electrons. The Labute approximate surface area is 195 Å². The van der Waals surface area contributed by atoms with Gasteiger partial charge in [0.2, 0.25) is 5.91 Å². The molecule has 0 atom stereocenters. The van der Waals surface area contributed by atoms with Crippen LogP contribution < -0.4 is 10.5 Å². The minimum Gasteiger partial charge on any atom is -0.481 e. The summed E-state index contributed by atoms with van der Waals surface area (Å²) in [5.74, 6) is -1.20. The van der Waals surface area contributed by atoms with Gasteiger partial charge in [-0.2, -0.15) is 0 Å². The predicted octanol–water partition coefficient (Wildman–Crippen LogP) is 3.33. The molecular formula is C23H20N2NaO4. The molecule has 1 amide bonds. The fraction of sp³-hybridized carbons (Fsp3) is 0.130. The largest absolute Gasteiger partial charge is 0.481 e. The van der Waals surface area contributed by atoms with Crippen LogP contribution in [0.3, 0.4) is 0 Å². The summed E-state index contributed by atoms with van der Waals surface area (Å²) in [5, 5.41) is 10.4. The van der Waals surface area contributed by atoms with Crippen molar-refractivity contribution in [2.45, 2.75) is 13.5 Å². The van der Waals surface area contributed by atoms with Gasteiger partial charge >= 0.3 is 5.97 Å². The van der Waals surface area contributed by atoms with Crippen LogP contribution in [0.15, 0.2) is 60.7 Å². The maximum Gasteiger partial charge on any atom is 0.341 e. The molecule has 1 radical (unpaired) electrons. The Kier molecular flexibility index (Phi) is 6.51. The molecule has 6 nitrogen and oxygen atoms in total. The van der Waals surface area contributed by atoms with E-state index in [0.29, 0.717) is 28.6 Å². The Hall–Kier alpha value is -2.80. The number of amides is 1. The number of benzene rings is 3. The minimum atomic E-state index is -1.07. The molecule has 0 aliphatic rings. The van der Waals surface area contributed by atoms with Crippen molar-refractivity contribution in [1.82, 2.24) is 4.57 Å². The van der Waals surface area contributed by atoms with E-state index in [1.807, 2.05) is 30.3 Å². The Morgan fingerprint density at radius 2 is 1.63 bits per heavy atom. The molecule has 0 aliphatic carbocycles. The van der Waals surface area contributed by atoms with E-state index >= 15 is 0 Å². The SMILES string of the molecule is Cc1ccccc1Cn1c2cccc(OCC(=O)O)c2c2c(C(N)=O)cccc21.[Na]. The molecule has 1 aromatic heterocycles. The predicted molar refractivity (Wildman–Crippen MR) is 117 cm³/mol. The molecule has 3 N–H and O–H groups in total. The van der Waals surface area contributed by atoms with E-state index < -0.39 is 18.5 Å². The summed E-state index contributed by atoms with van der Waals surface area (Å²) in [4.78, 5) is 23.2. The average Bonchev–Trinajstić information content (AvgIpc) is 3.02. The number of nitrogens with two attached hydrogens (primary N) is 1. The molecule has 7 heteroatoms. The van der Waals surface area contributed by atoms with E-state index in [1.165, 1.54) is 0 Å². The molecular weight excluding hydrogens is 391 g/mol. The molecule has 1 heterocycles. The molecule has 4 aromatic rings. The van der Waals surface area contributed by atoms with Gasteiger partial charge in [0.25, 0.3) is 0 Å². The second-order valence-corrected chi connectivity index (χ2v) is 6.91. The van der Waals surface area contributed by atoms with Crippen LogP contribution in [-0.4, -0.2) is 57.7 Å². The topological polar surface area (TPSA) is 94.6 Å². The van der Waals surface area contributed by atoms with Crippen LogP contribution in [0, 0.1) is 6.92 Å². The first-order chi connectivity index (χ1) is 14.0. The zero-order chi connectivity index (χ0) is 20.5. The number of rotatable bonds is 6. The van der Waals surface area contributed by atoms with E-state index in [1.54, 1.807) is 18.2 Å². The van der Waals surface area contributed by atoms with E-state index in [-0.39, 0.29) is 29.6 Å². The van der Waals surface area contributed by atoms with Gasteiger partial charge < -0.3 is 20.1 Å². The number of fused-ring (bicyclic) bond motifs is 3. The number of aliphatic carboxylic acids is 1. The second-order valence-electron chi connectivity index (χ2n) is 6.91.